The lowest BCUT2D eigenvalue weighted by Crippen LogP contribution is -2.03. The second kappa shape index (κ2) is 7.90. The van der Waals surface area contributed by atoms with Crippen LogP contribution in [0.25, 0.3) is 0 Å². The standard InChI is InChI=1S/C8H11F3.C2H6/c1-7(2)5-3-4-6-8(9,10)11;1-2/h3-5H,6H2,1-2H3;1-2H3/b4-3-;. The summed E-state index contributed by atoms with van der Waals surface area (Å²) >= 11 is 0. The Hall–Kier alpha value is -0.730. The summed E-state index contributed by atoms with van der Waals surface area (Å²) in [5, 5.41) is 0. The molecule has 0 fully saturated rings. The van der Waals surface area contributed by atoms with Crippen LogP contribution in [0.1, 0.15) is 34.1 Å². The van der Waals surface area contributed by atoms with Crippen molar-refractivity contribution in [3.05, 3.63) is 23.8 Å². The molecule has 0 aliphatic carbocycles. The van der Waals surface area contributed by atoms with Crippen LogP contribution in [0.3, 0.4) is 0 Å². The van der Waals surface area contributed by atoms with Crippen molar-refractivity contribution in [2.24, 2.45) is 0 Å². The van der Waals surface area contributed by atoms with Crippen molar-refractivity contribution in [2.45, 2.75) is 40.3 Å². The van der Waals surface area contributed by atoms with Gasteiger partial charge in [0, 0.05) is 0 Å². The van der Waals surface area contributed by atoms with E-state index in [2.05, 4.69) is 0 Å². The number of halogens is 3. The maximum Gasteiger partial charge on any atom is 0.392 e. The van der Waals surface area contributed by atoms with Gasteiger partial charge in [-0.15, -0.1) is 0 Å². The Bertz CT molecular complexity index is 159. The van der Waals surface area contributed by atoms with Gasteiger partial charge in [-0.25, -0.2) is 0 Å². The monoisotopic (exact) mass is 194 g/mol. The molecule has 0 N–H and O–H groups in total. The highest BCUT2D eigenvalue weighted by molar-refractivity contribution is 5.08. The van der Waals surface area contributed by atoms with Gasteiger partial charge in [-0.3, -0.25) is 0 Å². The molecule has 0 aliphatic heterocycles. The molecule has 13 heavy (non-hydrogen) atoms. The number of allylic oxidation sites excluding steroid dienone is 4. The van der Waals surface area contributed by atoms with E-state index >= 15 is 0 Å². The van der Waals surface area contributed by atoms with Gasteiger partial charge in [-0.05, 0) is 13.8 Å². The van der Waals surface area contributed by atoms with E-state index < -0.39 is 12.6 Å². The van der Waals surface area contributed by atoms with Gasteiger partial charge in [0.05, 0.1) is 6.42 Å². The minimum absolute atomic E-state index is 0.850. The predicted molar refractivity (Wildman–Crippen MR) is 50.6 cm³/mol. The Morgan fingerprint density at radius 3 is 1.92 bits per heavy atom. The van der Waals surface area contributed by atoms with Gasteiger partial charge in [0.25, 0.3) is 0 Å². The smallest absolute Gasteiger partial charge is 0.171 e. The molecule has 78 valence electrons. The van der Waals surface area contributed by atoms with Crippen molar-refractivity contribution in [2.75, 3.05) is 0 Å². The van der Waals surface area contributed by atoms with Gasteiger partial charge in [0.2, 0.25) is 0 Å². The third-order valence-electron chi connectivity index (χ3n) is 0.915. The summed E-state index contributed by atoms with van der Waals surface area (Å²) in [5.41, 5.74) is 0.989. The summed E-state index contributed by atoms with van der Waals surface area (Å²) in [6.45, 7) is 7.66. The molecule has 0 heterocycles. The number of alkyl halides is 3. The van der Waals surface area contributed by atoms with Gasteiger partial charge in [0.1, 0.15) is 0 Å². The highest BCUT2D eigenvalue weighted by Gasteiger charge is 2.24. The van der Waals surface area contributed by atoms with Crippen molar-refractivity contribution in [3.8, 4) is 0 Å². The van der Waals surface area contributed by atoms with Gasteiger partial charge in [0.15, 0.2) is 0 Å². The summed E-state index contributed by atoms with van der Waals surface area (Å²) in [6.07, 6.45) is -0.760. The second-order valence-corrected chi connectivity index (χ2v) is 2.49. The lowest BCUT2D eigenvalue weighted by molar-refractivity contribution is -0.125. The molecular weight excluding hydrogens is 177 g/mol. The molecule has 0 aromatic carbocycles. The molecule has 0 saturated carbocycles. The Kier molecular flexibility index (Phi) is 8.97. The van der Waals surface area contributed by atoms with Crippen molar-refractivity contribution in [1.29, 1.82) is 0 Å². The maximum atomic E-state index is 11.5. The second-order valence-electron chi connectivity index (χ2n) is 2.49. The van der Waals surface area contributed by atoms with E-state index in [0.29, 0.717) is 0 Å². The normalized spacial score (nSPS) is 10.7. The first-order valence-corrected chi connectivity index (χ1v) is 4.28. The van der Waals surface area contributed by atoms with E-state index in [4.69, 9.17) is 0 Å². The molecule has 0 atom stereocenters. The Morgan fingerprint density at radius 1 is 1.15 bits per heavy atom. The van der Waals surface area contributed by atoms with Crippen LogP contribution in [0.15, 0.2) is 23.8 Å². The van der Waals surface area contributed by atoms with Gasteiger partial charge >= 0.3 is 6.18 Å². The molecule has 0 aromatic heterocycles. The van der Waals surface area contributed by atoms with Crippen LogP contribution in [0.4, 0.5) is 13.2 Å². The molecule has 3 heteroatoms. The van der Waals surface area contributed by atoms with E-state index in [1.807, 2.05) is 27.7 Å². The largest absolute Gasteiger partial charge is 0.392 e. The lowest BCUT2D eigenvalue weighted by atomic mass is 10.3. The summed E-state index contributed by atoms with van der Waals surface area (Å²) in [5.74, 6) is 0. The molecule has 0 unspecified atom stereocenters. The quantitative estimate of drug-likeness (QED) is 0.568. The Labute approximate surface area is 78.1 Å². The summed E-state index contributed by atoms with van der Waals surface area (Å²) < 4.78 is 34.5. The fourth-order valence-electron chi connectivity index (χ4n) is 0.462. The van der Waals surface area contributed by atoms with Gasteiger partial charge < -0.3 is 0 Å². The molecule has 0 radical (unpaired) electrons. The maximum absolute atomic E-state index is 11.5. The zero-order chi connectivity index (χ0) is 10.9. The van der Waals surface area contributed by atoms with E-state index in [9.17, 15) is 13.2 Å². The summed E-state index contributed by atoms with van der Waals surface area (Å²) in [4.78, 5) is 0. The molecule has 0 aromatic rings. The molecule has 0 spiro atoms. The Balaban J connectivity index is 0. The van der Waals surface area contributed by atoms with Crippen LogP contribution in [0, 0.1) is 0 Å². The van der Waals surface area contributed by atoms with Crippen molar-refractivity contribution in [3.63, 3.8) is 0 Å². The number of hydrogen-bond donors (Lipinski definition) is 0. The van der Waals surface area contributed by atoms with Crippen LogP contribution in [0.5, 0.6) is 0 Å². The van der Waals surface area contributed by atoms with Crippen LogP contribution in [-0.4, -0.2) is 6.18 Å². The molecule has 0 aliphatic rings. The van der Waals surface area contributed by atoms with E-state index in [1.54, 1.807) is 6.08 Å². The SMILES string of the molecule is CC.CC(C)=C/C=C\CC(F)(F)F. The Morgan fingerprint density at radius 2 is 1.62 bits per heavy atom. The zero-order valence-electron chi connectivity index (χ0n) is 8.57. The van der Waals surface area contributed by atoms with Crippen LogP contribution in [-0.2, 0) is 0 Å². The molecule has 0 saturated heterocycles. The first-order valence-electron chi connectivity index (χ1n) is 4.28. The lowest BCUT2D eigenvalue weighted by Gasteiger charge is -1.99. The first-order chi connectivity index (χ1) is 5.92. The topological polar surface area (TPSA) is 0 Å². The first kappa shape index (κ1) is 14.8. The average molecular weight is 194 g/mol. The fraction of sp³-hybridized carbons (Fsp3) is 0.600. The molecule has 0 nitrogen and oxygen atoms in total. The minimum atomic E-state index is -4.08. The van der Waals surface area contributed by atoms with Crippen molar-refractivity contribution in [1.82, 2.24) is 0 Å². The van der Waals surface area contributed by atoms with Gasteiger partial charge in [-0.1, -0.05) is 37.6 Å². The molecule has 0 amide bonds. The van der Waals surface area contributed by atoms with Crippen LogP contribution < -0.4 is 0 Å². The minimum Gasteiger partial charge on any atom is -0.171 e. The van der Waals surface area contributed by atoms with Crippen molar-refractivity contribution < 1.29 is 13.2 Å². The number of hydrogen-bond acceptors (Lipinski definition) is 0. The highest BCUT2D eigenvalue weighted by atomic mass is 19.4. The molecular formula is C10H17F3. The molecule has 0 rings (SSSR count). The number of rotatable bonds is 2. The van der Waals surface area contributed by atoms with Gasteiger partial charge in [-0.2, -0.15) is 13.2 Å². The van der Waals surface area contributed by atoms with Crippen molar-refractivity contribution >= 4 is 0 Å². The molecule has 0 bridgehead atoms. The zero-order valence-corrected chi connectivity index (χ0v) is 8.57. The summed E-state index contributed by atoms with van der Waals surface area (Å²) in [6, 6.07) is 0. The van der Waals surface area contributed by atoms with E-state index in [0.717, 1.165) is 11.6 Å². The van der Waals surface area contributed by atoms with Crippen LogP contribution >= 0.6 is 0 Å². The summed E-state index contributed by atoms with van der Waals surface area (Å²) in [7, 11) is 0. The highest BCUT2D eigenvalue weighted by Crippen LogP contribution is 2.19. The van der Waals surface area contributed by atoms with E-state index in [-0.39, 0.29) is 0 Å². The average Bonchev–Trinajstić information content (AvgIpc) is 2.00. The third-order valence-corrected chi connectivity index (χ3v) is 0.915. The third kappa shape index (κ3) is 18.3. The predicted octanol–water partition coefficient (Wildman–Crippen LogP) is 4.49. The van der Waals surface area contributed by atoms with E-state index in [1.165, 1.54) is 6.08 Å². The van der Waals surface area contributed by atoms with Crippen LogP contribution in [0.2, 0.25) is 0 Å². The fourth-order valence-corrected chi connectivity index (χ4v) is 0.462.